The lowest BCUT2D eigenvalue weighted by Gasteiger charge is -2.15. The van der Waals surface area contributed by atoms with Crippen molar-refractivity contribution in [2.45, 2.75) is 0 Å². The summed E-state index contributed by atoms with van der Waals surface area (Å²) in [5, 5.41) is 10.2. The van der Waals surface area contributed by atoms with Gasteiger partial charge in [-0.15, -0.1) is 0 Å². The second-order valence-corrected chi connectivity index (χ2v) is 5.88. The number of phenols is 1. The highest BCUT2D eigenvalue weighted by molar-refractivity contribution is 6.05. The number of nitrogens with one attached hydrogen (secondary N) is 1. The fraction of sp³-hybridized carbons (Fsp3) is 0. The topological polar surface area (TPSA) is 66.0 Å². The maximum Gasteiger partial charge on any atom is 0.259 e. The van der Waals surface area contributed by atoms with Gasteiger partial charge in [0.25, 0.3) is 5.56 Å². The summed E-state index contributed by atoms with van der Waals surface area (Å²) in [6.07, 6.45) is 1.05. The van der Waals surface area contributed by atoms with Crippen molar-refractivity contribution in [1.82, 2.24) is 9.97 Å². The van der Waals surface area contributed by atoms with Crippen LogP contribution in [0.25, 0.3) is 33.2 Å². The first-order chi connectivity index (χ1) is 13.0. The summed E-state index contributed by atoms with van der Waals surface area (Å²) in [5.74, 6) is -2.82. The van der Waals surface area contributed by atoms with Crippen molar-refractivity contribution >= 4 is 10.9 Å². The highest BCUT2D eigenvalue weighted by Crippen LogP contribution is 2.42. The minimum Gasteiger partial charge on any atom is -0.503 e. The molecule has 0 atom stereocenters. The molecule has 2 N–H and O–H groups in total. The fourth-order valence-corrected chi connectivity index (χ4v) is 3.06. The molecule has 0 amide bonds. The summed E-state index contributed by atoms with van der Waals surface area (Å²) in [6.45, 7) is 0. The van der Waals surface area contributed by atoms with Gasteiger partial charge in [0, 0.05) is 11.1 Å². The van der Waals surface area contributed by atoms with E-state index in [0.717, 1.165) is 18.5 Å². The van der Waals surface area contributed by atoms with Crippen LogP contribution in [0.4, 0.5) is 13.2 Å². The molecule has 4 nitrogen and oxygen atoms in total. The van der Waals surface area contributed by atoms with Gasteiger partial charge < -0.3 is 10.1 Å². The molecular formula is C20H11F3N2O2. The van der Waals surface area contributed by atoms with E-state index in [1.165, 1.54) is 36.4 Å². The van der Waals surface area contributed by atoms with Crippen molar-refractivity contribution in [2.75, 3.05) is 0 Å². The van der Waals surface area contributed by atoms with Gasteiger partial charge >= 0.3 is 0 Å². The molecule has 27 heavy (non-hydrogen) atoms. The van der Waals surface area contributed by atoms with Crippen LogP contribution < -0.4 is 5.56 Å². The Bertz CT molecular complexity index is 1220. The molecule has 0 spiro atoms. The van der Waals surface area contributed by atoms with Crippen LogP contribution in [0.2, 0.25) is 0 Å². The van der Waals surface area contributed by atoms with E-state index in [2.05, 4.69) is 9.97 Å². The van der Waals surface area contributed by atoms with E-state index < -0.39 is 28.8 Å². The van der Waals surface area contributed by atoms with Crippen molar-refractivity contribution < 1.29 is 18.3 Å². The van der Waals surface area contributed by atoms with Crippen molar-refractivity contribution in [3.8, 4) is 28.0 Å². The molecule has 0 aliphatic carbocycles. The van der Waals surface area contributed by atoms with Crippen LogP contribution in [0.1, 0.15) is 0 Å². The zero-order chi connectivity index (χ0) is 19.1. The predicted molar refractivity (Wildman–Crippen MR) is 94.8 cm³/mol. The summed E-state index contributed by atoms with van der Waals surface area (Å²) in [5.41, 5.74) is -0.211. The lowest BCUT2D eigenvalue weighted by molar-refractivity contribution is 0.439. The van der Waals surface area contributed by atoms with Crippen LogP contribution >= 0.6 is 0 Å². The van der Waals surface area contributed by atoms with Crippen LogP contribution in [0.5, 0.6) is 5.75 Å². The molecule has 0 aliphatic heterocycles. The van der Waals surface area contributed by atoms with Gasteiger partial charge in [0.05, 0.1) is 11.7 Å². The number of halogens is 3. The van der Waals surface area contributed by atoms with E-state index >= 15 is 4.39 Å². The van der Waals surface area contributed by atoms with Gasteiger partial charge in [-0.2, -0.15) is 0 Å². The SMILES string of the molecule is O=c1[nH]cnc2c(O)c(F)c(-c3ccc(F)cc3)c(-c3ccc(F)cc3)c12. The van der Waals surface area contributed by atoms with Crippen LogP contribution in [-0.2, 0) is 0 Å². The highest BCUT2D eigenvalue weighted by atomic mass is 19.1. The summed E-state index contributed by atoms with van der Waals surface area (Å²) >= 11 is 0. The Hall–Kier alpha value is -3.61. The molecule has 0 aliphatic rings. The van der Waals surface area contributed by atoms with E-state index in [0.29, 0.717) is 5.56 Å². The zero-order valence-corrected chi connectivity index (χ0v) is 13.6. The largest absolute Gasteiger partial charge is 0.503 e. The number of aromatic amines is 1. The van der Waals surface area contributed by atoms with Gasteiger partial charge in [-0.3, -0.25) is 4.79 Å². The molecule has 1 aromatic heterocycles. The molecule has 1 heterocycles. The third kappa shape index (κ3) is 2.73. The number of phenolic OH excluding ortho intramolecular Hbond substituents is 1. The number of nitrogens with zero attached hydrogens (tertiary/aromatic N) is 1. The molecule has 0 radical (unpaired) electrons. The van der Waals surface area contributed by atoms with Gasteiger partial charge in [-0.25, -0.2) is 18.2 Å². The molecule has 7 heteroatoms. The quantitative estimate of drug-likeness (QED) is 0.552. The van der Waals surface area contributed by atoms with Gasteiger partial charge in [-0.05, 0) is 35.4 Å². The zero-order valence-electron chi connectivity index (χ0n) is 13.6. The van der Waals surface area contributed by atoms with E-state index in [-0.39, 0.29) is 27.6 Å². The minimum absolute atomic E-state index is 0.0534. The Morgan fingerprint density at radius 2 is 1.33 bits per heavy atom. The first kappa shape index (κ1) is 16.8. The Balaban J connectivity index is 2.22. The predicted octanol–water partition coefficient (Wildman–Crippen LogP) is 4.38. The van der Waals surface area contributed by atoms with Crippen molar-refractivity contribution in [3.63, 3.8) is 0 Å². The molecule has 0 saturated carbocycles. The molecular weight excluding hydrogens is 357 g/mol. The molecule has 3 aromatic carbocycles. The van der Waals surface area contributed by atoms with Crippen molar-refractivity contribution in [2.24, 2.45) is 0 Å². The molecule has 4 aromatic rings. The lowest BCUT2D eigenvalue weighted by Crippen LogP contribution is -2.10. The van der Waals surface area contributed by atoms with Crippen LogP contribution in [-0.4, -0.2) is 15.1 Å². The molecule has 0 saturated heterocycles. The summed E-state index contributed by atoms with van der Waals surface area (Å²) in [6, 6.07) is 10.1. The number of aromatic nitrogens is 2. The first-order valence-corrected chi connectivity index (χ1v) is 7.91. The maximum atomic E-state index is 15.1. The molecule has 0 fully saturated rings. The van der Waals surface area contributed by atoms with Gasteiger partial charge in [0.15, 0.2) is 11.6 Å². The van der Waals surface area contributed by atoms with Gasteiger partial charge in [0.2, 0.25) is 0 Å². The lowest BCUT2D eigenvalue weighted by atomic mass is 9.90. The Kier molecular flexibility index (Phi) is 3.92. The van der Waals surface area contributed by atoms with Gasteiger partial charge in [0.1, 0.15) is 17.2 Å². The smallest absolute Gasteiger partial charge is 0.259 e. The Morgan fingerprint density at radius 3 is 1.89 bits per heavy atom. The molecule has 0 unspecified atom stereocenters. The number of aromatic hydroxyl groups is 1. The number of fused-ring (bicyclic) bond motifs is 1. The molecule has 4 rings (SSSR count). The standard InChI is InChI=1S/C20H11F3N2O2/c21-12-5-1-10(2-6-12)14-15(11-3-7-13(22)8-4-11)17(23)19(26)18-16(14)20(27)25-9-24-18/h1-9,26H,(H,24,25,27). The Morgan fingerprint density at radius 1 is 0.815 bits per heavy atom. The highest BCUT2D eigenvalue weighted by Gasteiger charge is 2.24. The van der Waals surface area contributed by atoms with Crippen LogP contribution in [0, 0.1) is 17.5 Å². The van der Waals surface area contributed by atoms with Crippen LogP contribution in [0.3, 0.4) is 0 Å². The number of benzene rings is 3. The summed E-state index contributed by atoms with van der Waals surface area (Å²) < 4.78 is 41.8. The van der Waals surface area contributed by atoms with Crippen molar-refractivity contribution in [1.29, 1.82) is 0 Å². The molecule has 134 valence electrons. The second kappa shape index (κ2) is 6.28. The number of H-pyrrole nitrogens is 1. The van der Waals surface area contributed by atoms with Gasteiger partial charge in [-0.1, -0.05) is 24.3 Å². The third-order valence-electron chi connectivity index (χ3n) is 4.27. The van der Waals surface area contributed by atoms with E-state index in [4.69, 9.17) is 0 Å². The first-order valence-electron chi connectivity index (χ1n) is 7.91. The Labute approximate surface area is 150 Å². The maximum absolute atomic E-state index is 15.1. The molecule has 0 bridgehead atoms. The monoisotopic (exact) mass is 368 g/mol. The average molecular weight is 368 g/mol. The van der Waals surface area contributed by atoms with Crippen molar-refractivity contribution in [3.05, 3.63) is 82.7 Å². The number of rotatable bonds is 2. The third-order valence-corrected chi connectivity index (χ3v) is 4.27. The minimum atomic E-state index is -1.01. The second-order valence-electron chi connectivity index (χ2n) is 5.88. The normalized spacial score (nSPS) is 11.1. The van der Waals surface area contributed by atoms with E-state index in [9.17, 15) is 18.7 Å². The van der Waals surface area contributed by atoms with E-state index in [1.54, 1.807) is 0 Å². The number of hydrogen-bond acceptors (Lipinski definition) is 3. The number of hydrogen-bond donors (Lipinski definition) is 2. The fourth-order valence-electron chi connectivity index (χ4n) is 3.06. The van der Waals surface area contributed by atoms with E-state index in [1.807, 2.05) is 0 Å². The van der Waals surface area contributed by atoms with Crippen LogP contribution in [0.15, 0.2) is 59.7 Å². The summed E-state index contributed by atoms with van der Waals surface area (Å²) in [7, 11) is 0. The summed E-state index contributed by atoms with van der Waals surface area (Å²) in [4.78, 5) is 18.7. The average Bonchev–Trinajstić information content (AvgIpc) is 2.66.